The second kappa shape index (κ2) is 6.38. The van der Waals surface area contributed by atoms with Gasteiger partial charge in [-0.2, -0.15) is 0 Å². The molecule has 84 valence electrons. The maximum Gasteiger partial charge on any atom is 0.235 e. The summed E-state index contributed by atoms with van der Waals surface area (Å²) in [6.07, 6.45) is 5.95. The fourth-order valence-electron chi connectivity index (χ4n) is 1.49. The largest absolute Gasteiger partial charge is 0.477 e. The van der Waals surface area contributed by atoms with Gasteiger partial charge in [-0.15, -0.1) is 0 Å². The lowest BCUT2D eigenvalue weighted by molar-refractivity contribution is 0.320. The van der Waals surface area contributed by atoms with Gasteiger partial charge in [0.2, 0.25) is 5.88 Å². The molecule has 1 rings (SSSR count). The zero-order valence-electron chi connectivity index (χ0n) is 9.92. The fourth-order valence-corrected chi connectivity index (χ4v) is 1.49. The number of hydrogen-bond acceptors (Lipinski definition) is 3. The molecule has 0 radical (unpaired) electrons. The van der Waals surface area contributed by atoms with Gasteiger partial charge in [-0.1, -0.05) is 26.7 Å². The van der Waals surface area contributed by atoms with Crippen LogP contribution in [0.1, 0.15) is 45.0 Å². The molecule has 3 nitrogen and oxygen atoms in total. The molecule has 0 saturated heterocycles. The van der Waals surface area contributed by atoms with E-state index in [1.807, 2.05) is 13.1 Å². The zero-order chi connectivity index (χ0) is 11.1. The lowest BCUT2D eigenvalue weighted by Crippen LogP contribution is -2.04. The van der Waals surface area contributed by atoms with Crippen molar-refractivity contribution in [3.8, 4) is 5.88 Å². The monoisotopic (exact) mass is 208 g/mol. The van der Waals surface area contributed by atoms with Gasteiger partial charge in [0.1, 0.15) is 5.69 Å². The molecule has 0 aliphatic heterocycles. The highest BCUT2D eigenvalue weighted by molar-refractivity contribution is 5.20. The number of rotatable bonds is 6. The third kappa shape index (κ3) is 3.50. The molecule has 0 unspecified atom stereocenters. The molecule has 15 heavy (non-hydrogen) atoms. The lowest BCUT2D eigenvalue weighted by Gasteiger charge is -2.08. The van der Waals surface area contributed by atoms with Crippen LogP contribution < -0.4 is 4.74 Å². The highest BCUT2D eigenvalue weighted by Crippen LogP contribution is 2.15. The summed E-state index contributed by atoms with van der Waals surface area (Å²) in [6.45, 7) is 6.91. The Morgan fingerprint density at radius 3 is 2.47 bits per heavy atom. The quantitative estimate of drug-likeness (QED) is 0.721. The van der Waals surface area contributed by atoms with Crippen molar-refractivity contribution in [3.63, 3.8) is 0 Å². The topological polar surface area (TPSA) is 35.0 Å². The van der Waals surface area contributed by atoms with Crippen molar-refractivity contribution >= 4 is 0 Å². The summed E-state index contributed by atoms with van der Waals surface area (Å²) in [4.78, 5) is 8.90. The summed E-state index contributed by atoms with van der Waals surface area (Å²) in [5.74, 6) is 0.708. The highest BCUT2D eigenvalue weighted by atomic mass is 16.5. The number of ether oxygens (including phenoxy) is 1. The first-order valence-electron chi connectivity index (χ1n) is 5.79. The van der Waals surface area contributed by atoms with E-state index in [1.165, 1.54) is 0 Å². The Balaban J connectivity index is 2.87. The first-order valence-corrected chi connectivity index (χ1v) is 5.79. The third-order valence-electron chi connectivity index (χ3n) is 2.13. The molecule has 1 aromatic rings. The molecule has 0 amide bonds. The van der Waals surface area contributed by atoms with E-state index in [9.17, 15) is 0 Å². The standard InChI is InChI=1S/C12H20N2O/c1-4-7-10-9-13-12(15-6-3)11(14-10)8-5-2/h9H,4-8H2,1-3H3. The Labute approximate surface area is 91.9 Å². The van der Waals surface area contributed by atoms with Gasteiger partial charge in [0.15, 0.2) is 0 Å². The van der Waals surface area contributed by atoms with Crippen LogP contribution in [0.4, 0.5) is 0 Å². The SMILES string of the molecule is CCCc1cnc(OCC)c(CCC)n1. The maximum atomic E-state index is 5.45. The van der Waals surface area contributed by atoms with Gasteiger partial charge in [0.05, 0.1) is 18.5 Å². The number of nitrogens with zero attached hydrogens (tertiary/aromatic N) is 2. The lowest BCUT2D eigenvalue weighted by atomic mass is 10.2. The van der Waals surface area contributed by atoms with Crippen molar-refractivity contribution in [2.45, 2.75) is 46.5 Å². The van der Waals surface area contributed by atoms with Gasteiger partial charge in [-0.25, -0.2) is 4.98 Å². The Hall–Kier alpha value is -1.12. The predicted octanol–water partition coefficient (Wildman–Crippen LogP) is 2.78. The summed E-state index contributed by atoms with van der Waals surface area (Å²) >= 11 is 0. The smallest absolute Gasteiger partial charge is 0.235 e. The third-order valence-corrected chi connectivity index (χ3v) is 2.13. The van der Waals surface area contributed by atoms with E-state index in [4.69, 9.17) is 4.74 Å². The zero-order valence-corrected chi connectivity index (χ0v) is 9.92. The van der Waals surface area contributed by atoms with Crippen molar-refractivity contribution < 1.29 is 4.74 Å². The maximum absolute atomic E-state index is 5.45. The van der Waals surface area contributed by atoms with Crippen LogP contribution in [0.25, 0.3) is 0 Å². The second-order valence-electron chi connectivity index (χ2n) is 3.55. The molecule has 0 saturated carbocycles. The first-order chi connectivity index (χ1) is 7.31. The van der Waals surface area contributed by atoms with Crippen LogP contribution in [-0.2, 0) is 12.8 Å². The molecule has 0 fully saturated rings. The van der Waals surface area contributed by atoms with Crippen molar-refractivity contribution in [2.75, 3.05) is 6.61 Å². The molecule has 0 aliphatic carbocycles. The molecular weight excluding hydrogens is 188 g/mol. The molecule has 0 aliphatic rings. The Bertz CT molecular complexity index is 300. The average molecular weight is 208 g/mol. The van der Waals surface area contributed by atoms with E-state index in [1.54, 1.807) is 0 Å². The minimum atomic E-state index is 0.651. The van der Waals surface area contributed by atoms with Crippen LogP contribution >= 0.6 is 0 Å². The van der Waals surface area contributed by atoms with Crippen molar-refractivity contribution in [2.24, 2.45) is 0 Å². The number of aromatic nitrogens is 2. The van der Waals surface area contributed by atoms with E-state index < -0.39 is 0 Å². The predicted molar refractivity (Wildman–Crippen MR) is 61.2 cm³/mol. The molecule has 0 spiro atoms. The van der Waals surface area contributed by atoms with Crippen LogP contribution in [0.2, 0.25) is 0 Å². The molecule has 1 aromatic heterocycles. The van der Waals surface area contributed by atoms with E-state index >= 15 is 0 Å². The first kappa shape index (κ1) is 12.0. The number of aryl methyl sites for hydroxylation is 2. The van der Waals surface area contributed by atoms with E-state index in [-0.39, 0.29) is 0 Å². The summed E-state index contributed by atoms with van der Waals surface area (Å²) in [7, 11) is 0. The molecule has 0 atom stereocenters. The normalized spacial score (nSPS) is 10.3. The van der Waals surface area contributed by atoms with E-state index in [0.29, 0.717) is 12.5 Å². The minimum absolute atomic E-state index is 0.651. The second-order valence-corrected chi connectivity index (χ2v) is 3.55. The molecule has 0 bridgehead atoms. The fraction of sp³-hybridized carbons (Fsp3) is 0.667. The van der Waals surface area contributed by atoms with Gasteiger partial charge < -0.3 is 4.74 Å². The Kier molecular flexibility index (Phi) is 5.08. The average Bonchev–Trinajstić information content (AvgIpc) is 2.23. The van der Waals surface area contributed by atoms with Crippen molar-refractivity contribution in [1.82, 2.24) is 9.97 Å². The van der Waals surface area contributed by atoms with Crippen LogP contribution in [-0.4, -0.2) is 16.6 Å². The van der Waals surface area contributed by atoms with Gasteiger partial charge in [0, 0.05) is 0 Å². The van der Waals surface area contributed by atoms with Crippen LogP contribution in [0.3, 0.4) is 0 Å². The number of hydrogen-bond donors (Lipinski definition) is 0. The molecule has 3 heteroatoms. The van der Waals surface area contributed by atoms with Crippen molar-refractivity contribution in [1.29, 1.82) is 0 Å². The van der Waals surface area contributed by atoms with Crippen LogP contribution in [0.15, 0.2) is 6.20 Å². The van der Waals surface area contributed by atoms with Crippen LogP contribution in [0, 0.1) is 0 Å². The Morgan fingerprint density at radius 1 is 1.13 bits per heavy atom. The van der Waals surface area contributed by atoms with E-state index in [2.05, 4.69) is 23.8 Å². The van der Waals surface area contributed by atoms with Gasteiger partial charge in [-0.05, 0) is 19.8 Å². The molecular formula is C12H20N2O. The van der Waals surface area contributed by atoms with Gasteiger partial charge in [-0.3, -0.25) is 4.98 Å². The molecule has 0 N–H and O–H groups in total. The van der Waals surface area contributed by atoms with Gasteiger partial charge >= 0.3 is 0 Å². The summed E-state index contributed by atoms with van der Waals surface area (Å²) in [5, 5.41) is 0. The highest BCUT2D eigenvalue weighted by Gasteiger charge is 2.07. The van der Waals surface area contributed by atoms with E-state index in [0.717, 1.165) is 37.1 Å². The van der Waals surface area contributed by atoms with Crippen LogP contribution in [0.5, 0.6) is 5.88 Å². The summed E-state index contributed by atoms with van der Waals surface area (Å²) in [5.41, 5.74) is 2.08. The minimum Gasteiger partial charge on any atom is -0.477 e. The summed E-state index contributed by atoms with van der Waals surface area (Å²) < 4.78 is 5.45. The molecule has 1 heterocycles. The van der Waals surface area contributed by atoms with Gasteiger partial charge in [0.25, 0.3) is 0 Å². The van der Waals surface area contributed by atoms with Crippen molar-refractivity contribution in [3.05, 3.63) is 17.6 Å². The molecule has 0 aromatic carbocycles. The Morgan fingerprint density at radius 2 is 1.87 bits per heavy atom. The summed E-state index contributed by atoms with van der Waals surface area (Å²) in [6, 6.07) is 0.